The smallest absolute Gasteiger partial charge is 0.0485 e. The van der Waals surface area contributed by atoms with Crippen LogP contribution in [0.15, 0.2) is 36.7 Å². The number of rotatable bonds is 2. The predicted octanol–water partition coefficient (Wildman–Crippen LogP) is 3.22. The summed E-state index contributed by atoms with van der Waals surface area (Å²) in [5.74, 6) is 0.826. The van der Waals surface area contributed by atoms with Gasteiger partial charge in [0.2, 0.25) is 0 Å². The molecule has 2 nitrogen and oxygen atoms in total. The monoisotopic (exact) mass is 238 g/mol. The highest BCUT2D eigenvalue weighted by Crippen LogP contribution is 2.51. The topological polar surface area (TPSA) is 24.9 Å². The number of nitrogens with zero attached hydrogens (tertiary/aromatic N) is 1. The largest absolute Gasteiger partial charge is 0.307 e. The van der Waals surface area contributed by atoms with Crippen LogP contribution >= 0.6 is 0 Å². The lowest BCUT2D eigenvalue weighted by Gasteiger charge is -2.31. The molecule has 2 aliphatic rings. The molecule has 1 atom stereocenters. The van der Waals surface area contributed by atoms with E-state index in [4.69, 9.17) is 0 Å². The number of benzene rings is 1. The highest BCUT2D eigenvalue weighted by molar-refractivity contribution is 5.85. The van der Waals surface area contributed by atoms with E-state index < -0.39 is 0 Å². The molecule has 1 aliphatic heterocycles. The normalized spacial score (nSPS) is 27.8. The van der Waals surface area contributed by atoms with Crippen LogP contribution in [0, 0.1) is 5.92 Å². The highest BCUT2D eigenvalue weighted by Gasteiger charge is 2.48. The summed E-state index contributed by atoms with van der Waals surface area (Å²) in [6, 6.07) is 8.65. The van der Waals surface area contributed by atoms with Crippen molar-refractivity contribution in [3.63, 3.8) is 0 Å². The second-order valence-electron chi connectivity index (χ2n) is 5.68. The summed E-state index contributed by atoms with van der Waals surface area (Å²) in [5.41, 5.74) is 1.65. The molecular formula is C16H18N2. The molecule has 0 spiro atoms. The number of nitrogens with one attached hydrogen (secondary N) is 1. The Labute approximate surface area is 107 Å². The Bertz CT molecular complexity index is 575. The molecule has 1 aromatic carbocycles. The average molecular weight is 238 g/mol. The minimum atomic E-state index is 0.216. The fourth-order valence-corrected chi connectivity index (χ4v) is 3.61. The van der Waals surface area contributed by atoms with E-state index in [0.717, 1.165) is 12.5 Å². The zero-order chi connectivity index (χ0) is 12.0. The third-order valence-corrected chi connectivity index (χ3v) is 4.61. The van der Waals surface area contributed by atoms with Crippen molar-refractivity contribution in [1.82, 2.24) is 10.3 Å². The van der Waals surface area contributed by atoms with Gasteiger partial charge in [0.25, 0.3) is 0 Å². The van der Waals surface area contributed by atoms with Crippen molar-refractivity contribution in [2.45, 2.75) is 31.2 Å². The predicted molar refractivity (Wildman–Crippen MR) is 73.4 cm³/mol. The van der Waals surface area contributed by atoms with Gasteiger partial charge in [-0.3, -0.25) is 4.98 Å². The molecule has 1 unspecified atom stereocenters. The van der Waals surface area contributed by atoms with Gasteiger partial charge in [0.1, 0.15) is 0 Å². The van der Waals surface area contributed by atoms with E-state index >= 15 is 0 Å². The Kier molecular flexibility index (Phi) is 2.21. The zero-order valence-corrected chi connectivity index (χ0v) is 10.5. The molecule has 92 valence electrons. The number of aromatic nitrogens is 1. The Morgan fingerprint density at radius 2 is 2.06 bits per heavy atom. The highest BCUT2D eigenvalue weighted by atomic mass is 15.0. The molecule has 0 radical (unpaired) electrons. The van der Waals surface area contributed by atoms with Gasteiger partial charge in [-0.05, 0) is 49.1 Å². The summed E-state index contributed by atoms with van der Waals surface area (Å²) in [5, 5.41) is 6.45. The first-order chi connectivity index (χ1) is 8.90. The van der Waals surface area contributed by atoms with Crippen molar-refractivity contribution in [3.05, 3.63) is 42.2 Å². The summed E-state index contributed by atoms with van der Waals surface area (Å²) in [6.45, 7) is 1.15. The summed E-state index contributed by atoms with van der Waals surface area (Å²) in [4.78, 5) is 4.47. The molecule has 4 rings (SSSR count). The minimum absolute atomic E-state index is 0.216. The fourth-order valence-electron chi connectivity index (χ4n) is 3.61. The van der Waals surface area contributed by atoms with Crippen molar-refractivity contribution in [1.29, 1.82) is 0 Å². The summed E-state index contributed by atoms with van der Waals surface area (Å²) >= 11 is 0. The average Bonchev–Trinajstić information content (AvgIpc) is 3.17. The van der Waals surface area contributed by atoms with Gasteiger partial charge in [0.15, 0.2) is 0 Å². The van der Waals surface area contributed by atoms with Crippen LogP contribution in [0.4, 0.5) is 0 Å². The van der Waals surface area contributed by atoms with Crippen LogP contribution in [0.1, 0.15) is 31.2 Å². The maximum atomic E-state index is 4.47. The number of fused-ring (bicyclic) bond motifs is 1. The van der Waals surface area contributed by atoms with Crippen LogP contribution in [-0.2, 0) is 5.54 Å². The van der Waals surface area contributed by atoms with Crippen LogP contribution in [0.3, 0.4) is 0 Å². The maximum Gasteiger partial charge on any atom is 0.0485 e. The maximum absolute atomic E-state index is 4.47. The molecule has 2 heteroatoms. The van der Waals surface area contributed by atoms with Gasteiger partial charge in [0.05, 0.1) is 0 Å². The summed E-state index contributed by atoms with van der Waals surface area (Å²) in [7, 11) is 0. The lowest BCUT2D eigenvalue weighted by Crippen LogP contribution is -2.39. The lowest BCUT2D eigenvalue weighted by molar-refractivity contribution is 0.338. The van der Waals surface area contributed by atoms with Crippen molar-refractivity contribution in [2.24, 2.45) is 5.92 Å². The van der Waals surface area contributed by atoms with Gasteiger partial charge in [-0.25, -0.2) is 0 Å². The quantitative estimate of drug-likeness (QED) is 0.869. The third-order valence-electron chi connectivity index (χ3n) is 4.61. The summed E-state index contributed by atoms with van der Waals surface area (Å²) < 4.78 is 0. The Morgan fingerprint density at radius 1 is 1.17 bits per heavy atom. The summed E-state index contributed by atoms with van der Waals surface area (Å²) in [6.07, 6.45) is 9.38. The minimum Gasteiger partial charge on any atom is -0.307 e. The molecule has 2 heterocycles. The van der Waals surface area contributed by atoms with Gasteiger partial charge in [0, 0.05) is 23.3 Å². The Morgan fingerprint density at radius 3 is 2.83 bits per heavy atom. The standard InChI is InChI=1S/C16H18N2/c1-2-5-14-12(4-1)10-17-11-15(14)16(13-6-7-13)8-3-9-18-16/h1-2,4-5,10-11,13,18H,3,6-9H2. The first-order valence-corrected chi connectivity index (χ1v) is 6.98. The van der Waals surface area contributed by atoms with Gasteiger partial charge in [-0.1, -0.05) is 24.3 Å². The zero-order valence-electron chi connectivity index (χ0n) is 10.5. The van der Waals surface area contributed by atoms with Gasteiger partial charge >= 0.3 is 0 Å². The SMILES string of the molecule is c1ccc2c(C3(C4CC4)CCCN3)cncc2c1. The van der Waals surface area contributed by atoms with Gasteiger partial charge in [-0.2, -0.15) is 0 Å². The number of hydrogen-bond donors (Lipinski definition) is 1. The molecule has 1 aliphatic carbocycles. The first kappa shape index (κ1) is 10.5. The number of hydrogen-bond acceptors (Lipinski definition) is 2. The van der Waals surface area contributed by atoms with Crippen LogP contribution in [0.25, 0.3) is 10.8 Å². The number of pyridine rings is 1. The van der Waals surface area contributed by atoms with E-state index in [1.807, 2.05) is 6.20 Å². The van der Waals surface area contributed by atoms with Crippen molar-refractivity contribution in [3.8, 4) is 0 Å². The third kappa shape index (κ3) is 1.42. The van der Waals surface area contributed by atoms with Crippen LogP contribution < -0.4 is 5.32 Å². The van der Waals surface area contributed by atoms with Crippen LogP contribution in [0.5, 0.6) is 0 Å². The second kappa shape index (κ2) is 3.79. The second-order valence-corrected chi connectivity index (χ2v) is 5.68. The molecule has 0 amide bonds. The first-order valence-electron chi connectivity index (χ1n) is 6.98. The van der Waals surface area contributed by atoms with Crippen molar-refractivity contribution >= 4 is 10.8 Å². The molecular weight excluding hydrogens is 220 g/mol. The molecule has 0 bridgehead atoms. The van der Waals surface area contributed by atoms with Gasteiger partial charge < -0.3 is 5.32 Å². The molecule has 1 aromatic heterocycles. The molecule has 1 saturated carbocycles. The molecule has 2 aromatic rings. The van der Waals surface area contributed by atoms with E-state index in [9.17, 15) is 0 Å². The molecule has 1 saturated heterocycles. The van der Waals surface area contributed by atoms with Crippen LogP contribution in [-0.4, -0.2) is 11.5 Å². The van der Waals surface area contributed by atoms with E-state index in [1.54, 1.807) is 0 Å². The van der Waals surface area contributed by atoms with E-state index in [1.165, 1.54) is 42.0 Å². The van der Waals surface area contributed by atoms with Gasteiger partial charge in [-0.15, -0.1) is 0 Å². The van der Waals surface area contributed by atoms with E-state index in [-0.39, 0.29) is 5.54 Å². The molecule has 18 heavy (non-hydrogen) atoms. The Balaban J connectivity index is 1.95. The molecule has 2 fully saturated rings. The van der Waals surface area contributed by atoms with Crippen molar-refractivity contribution < 1.29 is 0 Å². The Hall–Kier alpha value is -1.41. The lowest BCUT2D eigenvalue weighted by atomic mass is 9.82. The van der Waals surface area contributed by atoms with Crippen LogP contribution in [0.2, 0.25) is 0 Å². The van der Waals surface area contributed by atoms with Crippen molar-refractivity contribution in [2.75, 3.05) is 6.54 Å². The fraction of sp³-hybridized carbons (Fsp3) is 0.438. The van der Waals surface area contributed by atoms with E-state index in [2.05, 4.69) is 40.8 Å². The molecule has 1 N–H and O–H groups in total. The van der Waals surface area contributed by atoms with E-state index in [0.29, 0.717) is 0 Å².